The van der Waals surface area contributed by atoms with Gasteiger partial charge in [-0.15, -0.1) is 0 Å². The lowest BCUT2D eigenvalue weighted by molar-refractivity contribution is -0.120. The van der Waals surface area contributed by atoms with Crippen molar-refractivity contribution in [2.45, 2.75) is 51.4 Å². The van der Waals surface area contributed by atoms with Gasteiger partial charge < -0.3 is 19.7 Å². The maximum Gasteiger partial charge on any atom is 0.218 e. The van der Waals surface area contributed by atoms with Crippen molar-refractivity contribution in [3.05, 3.63) is 64.5 Å². The maximum absolute atomic E-state index is 12.9. The number of ketones is 1. The smallest absolute Gasteiger partial charge is 0.218 e. The minimum absolute atomic E-state index is 0.0252. The van der Waals surface area contributed by atoms with Crippen molar-refractivity contribution in [3.8, 4) is 0 Å². The monoisotopic (exact) mass is 426 g/mol. The van der Waals surface area contributed by atoms with Crippen molar-refractivity contribution in [3.63, 3.8) is 0 Å². The number of carbonyl (C=O) groups is 1. The third-order valence-corrected chi connectivity index (χ3v) is 5.38. The Morgan fingerprint density at radius 3 is 2.61 bits per heavy atom. The molecule has 0 amide bonds. The van der Waals surface area contributed by atoms with E-state index in [1.165, 1.54) is 0 Å². The average molecular weight is 427 g/mol. The normalized spacial score (nSPS) is 14.2. The first kappa shape index (κ1) is 23.1. The summed E-state index contributed by atoms with van der Waals surface area (Å²) in [7, 11) is 1.60. The molecule has 1 aliphatic rings. The quantitative estimate of drug-likeness (QED) is 0.566. The summed E-state index contributed by atoms with van der Waals surface area (Å²) in [4.78, 5) is 21.8. The van der Waals surface area contributed by atoms with Crippen LogP contribution in [-0.2, 0) is 33.8 Å². The van der Waals surface area contributed by atoms with Crippen LogP contribution in [0.5, 0.6) is 0 Å². The SMILES string of the molecule is COCCOC1=NCc2cc(CC(=O)C[C@@H](c3ccccc3)C(C)(C)O)nc(CO)c21. The zero-order chi connectivity index (χ0) is 22.4. The van der Waals surface area contributed by atoms with E-state index in [2.05, 4.69) is 9.98 Å². The summed E-state index contributed by atoms with van der Waals surface area (Å²) in [6.07, 6.45) is 0.322. The highest BCUT2D eigenvalue weighted by molar-refractivity contribution is 5.98. The summed E-state index contributed by atoms with van der Waals surface area (Å²) in [5, 5.41) is 20.5. The molecule has 31 heavy (non-hydrogen) atoms. The first-order valence-corrected chi connectivity index (χ1v) is 10.4. The van der Waals surface area contributed by atoms with Gasteiger partial charge in [-0.1, -0.05) is 30.3 Å². The van der Waals surface area contributed by atoms with Crippen LogP contribution in [0, 0.1) is 0 Å². The Morgan fingerprint density at radius 2 is 1.97 bits per heavy atom. The van der Waals surface area contributed by atoms with Gasteiger partial charge in [0.05, 0.1) is 36.6 Å². The molecule has 2 heterocycles. The topological polar surface area (TPSA) is 101 Å². The molecule has 0 fully saturated rings. The zero-order valence-electron chi connectivity index (χ0n) is 18.3. The largest absolute Gasteiger partial charge is 0.475 e. The molecule has 1 aliphatic heterocycles. The second-order valence-corrected chi connectivity index (χ2v) is 8.25. The first-order chi connectivity index (χ1) is 14.8. The molecule has 0 bridgehead atoms. The van der Waals surface area contributed by atoms with E-state index in [0.29, 0.717) is 42.6 Å². The second-order valence-electron chi connectivity index (χ2n) is 8.25. The van der Waals surface area contributed by atoms with Crippen molar-refractivity contribution < 1.29 is 24.5 Å². The molecule has 166 valence electrons. The molecular formula is C24H30N2O5. The Labute approximate surface area is 182 Å². The highest BCUT2D eigenvalue weighted by atomic mass is 16.5. The van der Waals surface area contributed by atoms with Gasteiger partial charge in [-0.2, -0.15) is 0 Å². The van der Waals surface area contributed by atoms with E-state index in [-0.39, 0.29) is 31.1 Å². The summed E-state index contributed by atoms with van der Waals surface area (Å²) in [5.41, 5.74) is 2.51. The Hall–Kier alpha value is -2.61. The zero-order valence-corrected chi connectivity index (χ0v) is 18.3. The molecule has 0 aliphatic carbocycles. The Morgan fingerprint density at radius 1 is 1.23 bits per heavy atom. The van der Waals surface area contributed by atoms with Crippen LogP contribution >= 0.6 is 0 Å². The lowest BCUT2D eigenvalue weighted by Gasteiger charge is -2.29. The fourth-order valence-electron chi connectivity index (χ4n) is 3.85. The van der Waals surface area contributed by atoms with Gasteiger partial charge in [-0.05, 0) is 31.0 Å². The number of pyridine rings is 1. The van der Waals surface area contributed by atoms with Crippen LogP contribution in [0.4, 0.5) is 0 Å². The van der Waals surface area contributed by atoms with Gasteiger partial charge in [0, 0.05) is 31.6 Å². The number of methoxy groups -OCH3 is 1. The molecule has 0 radical (unpaired) electrons. The Bertz CT molecular complexity index is 935. The Kier molecular flexibility index (Phi) is 7.54. The molecule has 7 heteroatoms. The van der Waals surface area contributed by atoms with Crippen LogP contribution in [0.1, 0.15) is 54.3 Å². The van der Waals surface area contributed by atoms with E-state index in [1.54, 1.807) is 21.0 Å². The fraction of sp³-hybridized carbons (Fsp3) is 0.458. The van der Waals surface area contributed by atoms with E-state index in [9.17, 15) is 15.0 Å². The van der Waals surface area contributed by atoms with E-state index >= 15 is 0 Å². The number of Topliss-reactive ketones (excluding diaryl/α,β-unsaturated/α-hetero) is 1. The summed E-state index contributed by atoms with van der Waals surface area (Å²) in [6.45, 7) is 4.39. The van der Waals surface area contributed by atoms with Crippen LogP contribution in [0.25, 0.3) is 0 Å². The molecule has 1 aromatic carbocycles. The van der Waals surface area contributed by atoms with E-state index < -0.39 is 5.60 Å². The van der Waals surface area contributed by atoms with Gasteiger partial charge in [-0.3, -0.25) is 9.78 Å². The number of benzene rings is 1. The van der Waals surface area contributed by atoms with Gasteiger partial charge in [0.25, 0.3) is 0 Å². The van der Waals surface area contributed by atoms with Gasteiger partial charge >= 0.3 is 0 Å². The molecule has 1 aromatic heterocycles. The van der Waals surface area contributed by atoms with Crippen molar-refractivity contribution in [2.75, 3.05) is 20.3 Å². The predicted octanol–water partition coefficient (Wildman–Crippen LogP) is 2.55. The minimum Gasteiger partial charge on any atom is -0.475 e. The number of aliphatic hydroxyl groups is 2. The van der Waals surface area contributed by atoms with E-state index in [1.807, 2.05) is 36.4 Å². The van der Waals surface area contributed by atoms with Gasteiger partial charge in [0.1, 0.15) is 12.4 Å². The minimum atomic E-state index is -1.04. The van der Waals surface area contributed by atoms with Crippen LogP contribution < -0.4 is 0 Å². The summed E-state index contributed by atoms with van der Waals surface area (Å²) >= 11 is 0. The van der Waals surface area contributed by atoms with Gasteiger partial charge in [-0.25, -0.2) is 4.99 Å². The van der Waals surface area contributed by atoms with Crippen LogP contribution in [0.2, 0.25) is 0 Å². The van der Waals surface area contributed by atoms with Crippen molar-refractivity contribution in [1.29, 1.82) is 0 Å². The lowest BCUT2D eigenvalue weighted by atomic mass is 9.80. The van der Waals surface area contributed by atoms with E-state index in [4.69, 9.17) is 9.47 Å². The number of aliphatic imine (C=N–C) groups is 1. The number of aliphatic hydroxyl groups excluding tert-OH is 1. The second kappa shape index (κ2) is 10.1. The molecule has 0 saturated carbocycles. The number of hydrogen-bond acceptors (Lipinski definition) is 7. The first-order valence-electron chi connectivity index (χ1n) is 10.4. The van der Waals surface area contributed by atoms with Crippen LogP contribution in [0.3, 0.4) is 0 Å². The number of ether oxygens (including phenoxy) is 2. The number of hydrogen-bond donors (Lipinski definition) is 2. The number of carbonyl (C=O) groups excluding carboxylic acids is 1. The van der Waals surface area contributed by atoms with Crippen molar-refractivity contribution in [2.24, 2.45) is 4.99 Å². The standard InChI is InChI=1S/C24H30N2O5/c1-24(2,29)20(16-7-5-4-6-8-16)13-19(28)12-18-11-17-14-25-23(31-10-9-30-3)22(17)21(15-27)26-18/h4-8,11,20,27,29H,9-10,12-15H2,1-3H3/t20-/m0/s1. The molecule has 7 nitrogen and oxygen atoms in total. The summed E-state index contributed by atoms with van der Waals surface area (Å²) in [5.74, 6) is 0.104. The molecule has 2 aromatic rings. The van der Waals surface area contributed by atoms with Gasteiger partial charge in [0.15, 0.2) is 0 Å². The highest BCUT2D eigenvalue weighted by Crippen LogP contribution is 2.32. The third kappa shape index (κ3) is 5.76. The Balaban J connectivity index is 1.75. The number of rotatable bonds is 10. The molecular weight excluding hydrogens is 396 g/mol. The molecule has 0 spiro atoms. The summed E-state index contributed by atoms with van der Waals surface area (Å²) < 4.78 is 10.6. The van der Waals surface area contributed by atoms with Crippen LogP contribution in [0.15, 0.2) is 41.4 Å². The molecule has 3 rings (SSSR count). The lowest BCUT2D eigenvalue weighted by Crippen LogP contribution is -2.31. The van der Waals surface area contributed by atoms with E-state index in [0.717, 1.165) is 11.1 Å². The predicted molar refractivity (Wildman–Crippen MR) is 117 cm³/mol. The average Bonchev–Trinajstić information content (AvgIpc) is 3.14. The highest BCUT2D eigenvalue weighted by Gasteiger charge is 2.31. The number of fused-ring (bicyclic) bond motifs is 1. The van der Waals surface area contributed by atoms with Crippen molar-refractivity contribution >= 4 is 11.7 Å². The maximum atomic E-state index is 12.9. The third-order valence-electron chi connectivity index (χ3n) is 5.38. The number of nitrogens with zero attached hydrogens (tertiary/aromatic N) is 2. The fourth-order valence-corrected chi connectivity index (χ4v) is 3.85. The molecule has 0 unspecified atom stereocenters. The van der Waals surface area contributed by atoms with Gasteiger partial charge in [0.2, 0.25) is 5.90 Å². The number of aromatic nitrogens is 1. The van der Waals surface area contributed by atoms with Crippen LogP contribution in [-0.4, -0.2) is 52.8 Å². The van der Waals surface area contributed by atoms with Crippen molar-refractivity contribution in [1.82, 2.24) is 4.98 Å². The molecule has 2 N–H and O–H groups in total. The molecule has 0 saturated heterocycles. The summed E-state index contributed by atoms with van der Waals surface area (Å²) in [6, 6.07) is 11.4. The molecule has 1 atom stereocenters.